The first-order chi connectivity index (χ1) is 9.45. The maximum atomic E-state index is 5.54. The average molecular weight is 274 g/mol. The normalized spacial score (nSPS) is 11.7. The number of hydrogen-bond acceptors (Lipinski definition) is 4. The van der Waals surface area contributed by atoms with E-state index in [4.69, 9.17) is 14.9 Å². The van der Waals surface area contributed by atoms with Crippen molar-refractivity contribution in [1.82, 2.24) is 4.98 Å². The zero-order chi connectivity index (χ0) is 14.8. The molecule has 0 aliphatic rings. The van der Waals surface area contributed by atoms with Crippen LogP contribution in [-0.4, -0.2) is 18.6 Å². The lowest BCUT2D eigenvalue weighted by Crippen LogP contribution is -2.12. The maximum absolute atomic E-state index is 5.54. The lowest BCUT2D eigenvalue weighted by atomic mass is 9.85. The highest BCUT2D eigenvalue weighted by molar-refractivity contribution is 5.59. The predicted octanol–water partition coefficient (Wildman–Crippen LogP) is 3.15. The summed E-state index contributed by atoms with van der Waals surface area (Å²) in [7, 11) is 1.69. The topological polar surface area (TPSA) is 61.3 Å². The Balaban J connectivity index is 2.42. The molecule has 0 atom stereocenters. The summed E-state index contributed by atoms with van der Waals surface area (Å²) >= 11 is 0. The maximum Gasteiger partial charge on any atom is 0.226 e. The summed E-state index contributed by atoms with van der Waals surface area (Å²) in [6.45, 7) is 7.04. The molecule has 4 heteroatoms. The molecule has 0 amide bonds. The lowest BCUT2D eigenvalue weighted by Gasteiger charge is -2.22. The molecule has 20 heavy (non-hydrogen) atoms. The third kappa shape index (κ3) is 3.02. The molecule has 0 saturated heterocycles. The minimum absolute atomic E-state index is 0.00592. The van der Waals surface area contributed by atoms with E-state index in [0.29, 0.717) is 12.4 Å². The largest absolute Gasteiger partial charge is 0.496 e. The van der Waals surface area contributed by atoms with Crippen molar-refractivity contribution in [2.24, 2.45) is 5.73 Å². The number of aromatic nitrogens is 1. The third-order valence-corrected chi connectivity index (χ3v) is 3.21. The van der Waals surface area contributed by atoms with Gasteiger partial charge in [0.2, 0.25) is 5.89 Å². The van der Waals surface area contributed by atoms with Gasteiger partial charge < -0.3 is 14.9 Å². The molecule has 4 nitrogen and oxygen atoms in total. The summed E-state index contributed by atoms with van der Waals surface area (Å²) in [4.78, 5) is 4.46. The zero-order valence-electron chi connectivity index (χ0n) is 12.6. The summed E-state index contributed by atoms with van der Waals surface area (Å²) in [5, 5.41) is 0. The number of benzene rings is 1. The summed E-state index contributed by atoms with van der Waals surface area (Å²) < 4.78 is 11.0. The summed E-state index contributed by atoms with van der Waals surface area (Å²) in [5.74, 6) is 1.51. The Morgan fingerprint density at radius 1 is 1.30 bits per heavy atom. The minimum Gasteiger partial charge on any atom is -0.496 e. The van der Waals surface area contributed by atoms with Crippen LogP contribution >= 0.6 is 0 Å². The molecule has 2 N–H and O–H groups in total. The first-order valence-corrected chi connectivity index (χ1v) is 6.79. The molecule has 108 valence electrons. The van der Waals surface area contributed by atoms with Crippen molar-refractivity contribution in [1.29, 1.82) is 0 Å². The molecule has 0 aliphatic carbocycles. The Labute approximate surface area is 120 Å². The fourth-order valence-electron chi connectivity index (χ4n) is 2.13. The van der Waals surface area contributed by atoms with Crippen LogP contribution < -0.4 is 10.5 Å². The van der Waals surface area contributed by atoms with Crippen molar-refractivity contribution >= 4 is 0 Å². The van der Waals surface area contributed by atoms with Gasteiger partial charge in [0.25, 0.3) is 0 Å². The van der Waals surface area contributed by atoms with Gasteiger partial charge in [-0.1, -0.05) is 20.8 Å². The Hall–Kier alpha value is -1.81. The van der Waals surface area contributed by atoms with Crippen LogP contribution in [0.4, 0.5) is 0 Å². The molecule has 0 radical (unpaired) electrons. The van der Waals surface area contributed by atoms with E-state index in [-0.39, 0.29) is 5.41 Å². The highest BCUT2D eigenvalue weighted by atomic mass is 16.5. The molecular weight excluding hydrogens is 252 g/mol. The van der Waals surface area contributed by atoms with Gasteiger partial charge in [-0.05, 0) is 30.2 Å². The van der Waals surface area contributed by atoms with Gasteiger partial charge in [0.05, 0.1) is 12.8 Å². The highest BCUT2D eigenvalue weighted by Crippen LogP contribution is 2.34. The van der Waals surface area contributed by atoms with Gasteiger partial charge in [0, 0.05) is 17.5 Å². The van der Waals surface area contributed by atoms with Gasteiger partial charge in [-0.25, -0.2) is 4.98 Å². The SMILES string of the molecule is COc1ccc(-c2nc(CCN)co2)cc1C(C)(C)C. The summed E-state index contributed by atoms with van der Waals surface area (Å²) in [6.07, 6.45) is 2.40. The Morgan fingerprint density at radius 2 is 2.05 bits per heavy atom. The number of nitrogens with zero attached hydrogens (tertiary/aromatic N) is 1. The van der Waals surface area contributed by atoms with Gasteiger partial charge in [-0.3, -0.25) is 0 Å². The molecule has 0 saturated carbocycles. The molecule has 0 spiro atoms. The molecule has 2 aromatic rings. The zero-order valence-corrected chi connectivity index (χ0v) is 12.6. The number of oxazole rings is 1. The number of methoxy groups -OCH3 is 1. The second kappa shape index (κ2) is 5.67. The van der Waals surface area contributed by atoms with E-state index in [0.717, 1.165) is 29.0 Å². The third-order valence-electron chi connectivity index (χ3n) is 3.21. The van der Waals surface area contributed by atoms with Crippen LogP contribution in [0.1, 0.15) is 32.0 Å². The number of rotatable bonds is 4. The molecule has 1 aromatic heterocycles. The summed E-state index contributed by atoms with van der Waals surface area (Å²) in [5.41, 5.74) is 8.50. The smallest absolute Gasteiger partial charge is 0.226 e. The molecule has 2 rings (SSSR count). The van der Waals surface area contributed by atoms with Gasteiger partial charge in [-0.2, -0.15) is 0 Å². The van der Waals surface area contributed by atoms with E-state index in [1.807, 2.05) is 12.1 Å². The van der Waals surface area contributed by atoms with E-state index in [9.17, 15) is 0 Å². The van der Waals surface area contributed by atoms with Gasteiger partial charge in [0.15, 0.2) is 0 Å². The Morgan fingerprint density at radius 3 is 2.65 bits per heavy atom. The van der Waals surface area contributed by atoms with E-state index in [1.165, 1.54) is 0 Å². The van der Waals surface area contributed by atoms with Gasteiger partial charge in [0.1, 0.15) is 12.0 Å². The second-order valence-corrected chi connectivity index (χ2v) is 5.85. The van der Waals surface area contributed by atoms with Crippen LogP contribution in [0.25, 0.3) is 11.5 Å². The molecule has 1 heterocycles. The van der Waals surface area contributed by atoms with E-state index >= 15 is 0 Å². The van der Waals surface area contributed by atoms with Crippen molar-refractivity contribution in [2.75, 3.05) is 13.7 Å². The average Bonchev–Trinajstić information content (AvgIpc) is 2.86. The second-order valence-electron chi connectivity index (χ2n) is 5.85. The van der Waals surface area contributed by atoms with Crippen LogP contribution in [0.15, 0.2) is 28.9 Å². The van der Waals surface area contributed by atoms with E-state index < -0.39 is 0 Å². The Bertz CT molecular complexity index is 582. The standard InChI is InChI=1S/C16H22N2O2/c1-16(2,3)13-9-11(5-6-14(13)19-4)15-18-12(7-8-17)10-20-15/h5-6,9-10H,7-8,17H2,1-4H3. The number of ether oxygens (including phenoxy) is 1. The minimum atomic E-state index is -0.00592. The predicted molar refractivity (Wildman–Crippen MR) is 79.9 cm³/mol. The van der Waals surface area contributed by atoms with Crippen LogP contribution in [0, 0.1) is 0 Å². The highest BCUT2D eigenvalue weighted by Gasteiger charge is 2.20. The molecule has 0 fully saturated rings. The van der Waals surface area contributed by atoms with Crippen molar-refractivity contribution in [3.8, 4) is 17.2 Å². The van der Waals surface area contributed by atoms with E-state index in [2.05, 4.69) is 31.8 Å². The summed E-state index contributed by atoms with van der Waals surface area (Å²) in [6, 6.07) is 6.01. The molecule has 1 aromatic carbocycles. The van der Waals surface area contributed by atoms with Crippen molar-refractivity contribution in [3.63, 3.8) is 0 Å². The monoisotopic (exact) mass is 274 g/mol. The first-order valence-electron chi connectivity index (χ1n) is 6.79. The number of nitrogens with two attached hydrogens (primary N) is 1. The molecule has 0 unspecified atom stereocenters. The van der Waals surface area contributed by atoms with Gasteiger partial charge in [-0.15, -0.1) is 0 Å². The van der Waals surface area contributed by atoms with Crippen molar-refractivity contribution in [2.45, 2.75) is 32.6 Å². The van der Waals surface area contributed by atoms with Crippen LogP contribution in [-0.2, 0) is 11.8 Å². The molecular formula is C16H22N2O2. The fourth-order valence-corrected chi connectivity index (χ4v) is 2.13. The quantitative estimate of drug-likeness (QED) is 0.930. The van der Waals surface area contributed by atoms with E-state index in [1.54, 1.807) is 13.4 Å². The number of hydrogen-bond donors (Lipinski definition) is 1. The first kappa shape index (κ1) is 14.6. The van der Waals surface area contributed by atoms with Crippen LogP contribution in [0.5, 0.6) is 5.75 Å². The van der Waals surface area contributed by atoms with Gasteiger partial charge >= 0.3 is 0 Å². The molecule has 0 aliphatic heterocycles. The van der Waals surface area contributed by atoms with Crippen LogP contribution in [0.3, 0.4) is 0 Å². The lowest BCUT2D eigenvalue weighted by molar-refractivity contribution is 0.397. The Kier molecular flexibility index (Phi) is 4.14. The van der Waals surface area contributed by atoms with Crippen molar-refractivity contribution in [3.05, 3.63) is 35.7 Å². The van der Waals surface area contributed by atoms with Crippen LogP contribution in [0.2, 0.25) is 0 Å². The van der Waals surface area contributed by atoms with Crippen molar-refractivity contribution < 1.29 is 9.15 Å². The fraction of sp³-hybridized carbons (Fsp3) is 0.438. The molecule has 0 bridgehead atoms.